The van der Waals surface area contributed by atoms with Gasteiger partial charge in [-0.1, -0.05) is 0 Å². The Kier molecular flexibility index (Phi) is 1.01. The molecule has 0 aromatic carbocycles. The lowest BCUT2D eigenvalue weighted by Gasteiger charge is -1.91. The molecule has 0 bridgehead atoms. The molecule has 1 aliphatic carbocycles. The van der Waals surface area contributed by atoms with Crippen LogP contribution < -0.4 is 0 Å². The molecule has 0 unspecified atom stereocenters. The number of aromatic nitrogens is 2. The van der Waals surface area contributed by atoms with Gasteiger partial charge >= 0.3 is 0 Å². The van der Waals surface area contributed by atoms with E-state index < -0.39 is 0 Å². The lowest BCUT2D eigenvalue weighted by atomic mass is 10.4. The van der Waals surface area contributed by atoms with E-state index in [0.29, 0.717) is 11.6 Å². The van der Waals surface area contributed by atoms with Gasteiger partial charge in [-0.15, -0.1) is 0 Å². The fourth-order valence-corrected chi connectivity index (χ4v) is 0.935. The van der Waals surface area contributed by atoms with Crippen molar-refractivity contribution < 1.29 is 0 Å². The quantitative estimate of drug-likeness (QED) is 0.575. The summed E-state index contributed by atoms with van der Waals surface area (Å²) in [6.45, 7) is 0. The predicted molar refractivity (Wildman–Crippen MR) is 35.2 cm³/mol. The van der Waals surface area contributed by atoms with Crippen LogP contribution in [-0.4, -0.2) is 9.78 Å². The predicted octanol–water partition coefficient (Wildman–Crippen LogP) is 1.09. The van der Waals surface area contributed by atoms with E-state index in [1.807, 2.05) is 10.8 Å². The van der Waals surface area contributed by atoms with E-state index in [2.05, 4.69) is 5.10 Å². The molecule has 0 amide bonds. The van der Waals surface area contributed by atoms with Crippen LogP contribution in [0, 0.1) is 11.3 Å². The van der Waals surface area contributed by atoms with Crippen molar-refractivity contribution in [1.82, 2.24) is 9.78 Å². The smallest absolute Gasteiger partial charge is 0.102 e. The van der Waals surface area contributed by atoms with E-state index in [-0.39, 0.29) is 0 Å². The molecule has 1 aliphatic rings. The van der Waals surface area contributed by atoms with Crippen LogP contribution >= 0.6 is 0 Å². The van der Waals surface area contributed by atoms with Crippen molar-refractivity contribution >= 4 is 0 Å². The molecule has 1 aromatic rings. The third-order valence-corrected chi connectivity index (χ3v) is 1.65. The first kappa shape index (κ1) is 5.48. The van der Waals surface area contributed by atoms with Crippen molar-refractivity contribution in [2.24, 2.45) is 0 Å². The Morgan fingerprint density at radius 3 is 3.00 bits per heavy atom. The van der Waals surface area contributed by atoms with Gasteiger partial charge in [0.2, 0.25) is 0 Å². The molecule has 2 rings (SSSR count). The lowest BCUT2D eigenvalue weighted by molar-refractivity contribution is 0.641. The van der Waals surface area contributed by atoms with Crippen LogP contribution in [0.1, 0.15) is 24.4 Å². The molecule has 0 spiro atoms. The summed E-state index contributed by atoms with van der Waals surface area (Å²) >= 11 is 0. The third-order valence-electron chi connectivity index (χ3n) is 1.65. The van der Waals surface area contributed by atoms with Crippen LogP contribution in [0.2, 0.25) is 0 Å². The zero-order chi connectivity index (χ0) is 6.97. The highest BCUT2D eigenvalue weighted by molar-refractivity contribution is 5.22. The van der Waals surface area contributed by atoms with Crippen LogP contribution in [0.25, 0.3) is 0 Å². The van der Waals surface area contributed by atoms with E-state index in [1.54, 1.807) is 12.4 Å². The molecule has 3 heteroatoms. The average molecular weight is 133 g/mol. The summed E-state index contributed by atoms with van der Waals surface area (Å²) in [5.41, 5.74) is 0.659. The van der Waals surface area contributed by atoms with Gasteiger partial charge in [-0.25, -0.2) is 0 Å². The second-order valence-electron chi connectivity index (χ2n) is 2.55. The molecule has 0 radical (unpaired) electrons. The molecule has 0 N–H and O–H groups in total. The summed E-state index contributed by atoms with van der Waals surface area (Å²) in [6.07, 6.45) is 5.84. The van der Waals surface area contributed by atoms with Crippen LogP contribution in [0.4, 0.5) is 0 Å². The maximum absolute atomic E-state index is 8.45. The Bertz CT molecular complexity index is 277. The molecule has 0 atom stereocenters. The van der Waals surface area contributed by atoms with E-state index in [0.717, 1.165) is 0 Å². The van der Waals surface area contributed by atoms with Gasteiger partial charge in [0.1, 0.15) is 6.07 Å². The first-order valence-corrected chi connectivity index (χ1v) is 3.34. The van der Waals surface area contributed by atoms with Crippen molar-refractivity contribution in [2.45, 2.75) is 18.9 Å². The van der Waals surface area contributed by atoms with Gasteiger partial charge in [0.25, 0.3) is 0 Å². The largest absolute Gasteiger partial charge is 0.268 e. The summed E-state index contributed by atoms with van der Waals surface area (Å²) in [6, 6.07) is 2.63. The maximum Gasteiger partial charge on any atom is 0.102 e. The Balaban J connectivity index is 2.29. The van der Waals surface area contributed by atoms with E-state index in [9.17, 15) is 0 Å². The monoisotopic (exact) mass is 133 g/mol. The first-order chi connectivity index (χ1) is 4.90. The summed E-state index contributed by atoms with van der Waals surface area (Å²) in [5.74, 6) is 0. The van der Waals surface area contributed by atoms with Crippen LogP contribution in [0.3, 0.4) is 0 Å². The van der Waals surface area contributed by atoms with Gasteiger partial charge in [0.15, 0.2) is 0 Å². The van der Waals surface area contributed by atoms with E-state index in [4.69, 9.17) is 5.26 Å². The Labute approximate surface area is 58.9 Å². The fourth-order valence-electron chi connectivity index (χ4n) is 0.935. The Morgan fingerprint density at radius 1 is 1.70 bits per heavy atom. The van der Waals surface area contributed by atoms with E-state index >= 15 is 0 Å². The van der Waals surface area contributed by atoms with Crippen molar-refractivity contribution in [3.63, 3.8) is 0 Å². The zero-order valence-corrected chi connectivity index (χ0v) is 5.49. The second kappa shape index (κ2) is 1.84. The summed E-state index contributed by atoms with van der Waals surface area (Å²) < 4.78 is 1.87. The number of hydrogen-bond acceptors (Lipinski definition) is 2. The Hall–Kier alpha value is -1.30. The number of hydrogen-bond donors (Lipinski definition) is 0. The number of rotatable bonds is 1. The zero-order valence-electron chi connectivity index (χ0n) is 5.49. The molecular formula is C7H7N3. The van der Waals surface area contributed by atoms with Gasteiger partial charge in [0, 0.05) is 6.20 Å². The standard InChI is InChI=1S/C7H7N3/c8-3-6-4-9-10(5-6)7-1-2-7/h4-5,7H,1-2H2. The summed E-state index contributed by atoms with van der Waals surface area (Å²) in [4.78, 5) is 0. The lowest BCUT2D eigenvalue weighted by Crippen LogP contribution is -1.91. The van der Waals surface area contributed by atoms with Gasteiger partial charge in [-0.05, 0) is 12.8 Å². The van der Waals surface area contributed by atoms with Crippen molar-refractivity contribution in [3.05, 3.63) is 18.0 Å². The van der Waals surface area contributed by atoms with Gasteiger partial charge < -0.3 is 0 Å². The average Bonchev–Trinajstić information content (AvgIpc) is 2.70. The molecule has 1 heterocycles. The normalized spacial score (nSPS) is 16.7. The summed E-state index contributed by atoms with van der Waals surface area (Å²) in [5, 5.41) is 12.5. The molecule has 0 saturated heterocycles. The van der Waals surface area contributed by atoms with Crippen molar-refractivity contribution in [2.75, 3.05) is 0 Å². The van der Waals surface area contributed by atoms with E-state index in [1.165, 1.54) is 12.8 Å². The highest BCUT2D eigenvalue weighted by Gasteiger charge is 2.23. The molecule has 3 nitrogen and oxygen atoms in total. The maximum atomic E-state index is 8.45. The van der Waals surface area contributed by atoms with Crippen LogP contribution in [0.5, 0.6) is 0 Å². The molecule has 1 aromatic heterocycles. The molecule has 0 aliphatic heterocycles. The second-order valence-corrected chi connectivity index (χ2v) is 2.55. The molecule has 1 fully saturated rings. The molecular weight excluding hydrogens is 126 g/mol. The highest BCUT2D eigenvalue weighted by Crippen LogP contribution is 2.33. The van der Waals surface area contributed by atoms with Crippen LogP contribution in [0.15, 0.2) is 12.4 Å². The minimum absolute atomic E-state index is 0.585. The SMILES string of the molecule is N#Cc1cnn(C2CC2)c1. The molecule has 50 valence electrons. The first-order valence-electron chi connectivity index (χ1n) is 3.34. The number of nitrogens with zero attached hydrogens (tertiary/aromatic N) is 3. The topological polar surface area (TPSA) is 41.6 Å². The van der Waals surface area contributed by atoms with Gasteiger partial charge in [-0.2, -0.15) is 10.4 Å². The minimum Gasteiger partial charge on any atom is -0.268 e. The fraction of sp³-hybridized carbons (Fsp3) is 0.429. The van der Waals surface area contributed by atoms with Gasteiger partial charge in [-0.3, -0.25) is 4.68 Å². The minimum atomic E-state index is 0.585. The molecule has 10 heavy (non-hydrogen) atoms. The Morgan fingerprint density at radius 2 is 2.50 bits per heavy atom. The van der Waals surface area contributed by atoms with Crippen molar-refractivity contribution in [1.29, 1.82) is 5.26 Å². The van der Waals surface area contributed by atoms with Gasteiger partial charge in [0.05, 0.1) is 17.8 Å². The third kappa shape index (κ3) is 0.781. The number of nitriles is 1. The van der Waals surface area contributed by atoms with Crippen molar-refractivity contribution in [3.8, 4) is 6.07 Å². The van der Waals surface area contributed by atoms with Crippen LogP contribution in [-0.2, 0) is 0 Å². The summed E-state index contributed by atoms with van der Waals surface area (Å²) in [7, 11) is 0. The molecule has 1 saturated carbocycles. The highest BCUT2D eigenvalue weighted by atomic mass is 15.3.